The van der Waals surface area contributed by atoms with E-state index in [0.29, 0.717) is 13.1 Å². The van der Waals surface area contributed by atoms with E-state index in [4.69, 9.17) is 5.26 Å². The van der Waals surface area contributed by atoms with Gasteiger partial charge in [0.2, 0.25) is 0 Å². The van der Waals surface area contributed by atoms with Crippen molar-refractivity contribution in [2.45, 2.75) is 13.8 Å². The molecule has 0 aromatic heterocycles. The highest BCUT2D eigenvalue weighted by Crippen LogP contribution is 1.86. The van der Waals surface area contributed by atoms with Gasteiger partial charge in [-0.3, -0.25) is 0 Å². The molecule has 11 heavy (non-hydrogen) atoms. The monoisotopic (exact) mass is 155 g/mol. The van der Waals surface area contributed by atoms with Gasteiger partial charge in [0.05, 0.1) is 12.0 Å². The van der Waals surface area contributed by atoms with Crippen molar-refractivity contribution in [1.82, 2.24) is 10.6 Å². The van der Waals surface area contributed by atoms with Gasteiger partial charge < -0.3 is 10.6 Å². The van der Waals surface area contributed by atoms with Crippen LogP contribution in [0.4, 0.5) is 4.79 Å². The van der Waals surface area contributed by atoms with Crippen molar-refractivity contribution < 1.29 is 4.79 Å². The molecular weight excluding hydrogens is 142 g/mol. The molecule has 0 saturated heterocycles. The van der Waals surface area contributed by atoms with Crippen LogP contribution in [-0.4, -0.2) is 19.1 Å². The second-order valence-electron chi connectivity index (χ2n) is 2.27. The van der Waals surface area contributed by atoms with Crippen molar-refractivity contribution in [3.63, 3.8) is 0 Å². The molecule has 0 heterocycles. The summed E-state index contributed by atoms with van der Waals surface area (Å²) in [5.41, 5.74) is 0. The summed E-state index contributed by atoms with van der Waals surface area (Å²) in [5, 5.41) is 13.5. The minimum absolute atomic E-state index is 0.127. The molecule has 1 unspecified atom stereocenters. The van der Waals surface area contributed by atoms with Gasteiger partial charge in [-0.2, -0.15) is 5.26 Å². The number of nitriles is 1. The summed E-state index contributed by atoms with van der Waals surface area (Å²) >= 11 is 0. The van der Waals surface area contributed by atoms with Crippen LogP contribution < -0.4 is 10.6 Å². The summed E-state index contributed by atoms with van der Waals surface area (Å²) in [7, 11) is 0. The Hall–Kier alpha value is -1.24. The van der Waals surface area contributed by atoms with Crippen LogP contribution in [0.25, 0.3) is 0 Å². The number of hydrogen-bond acceptors (Lipinski definition) is 2. The van der Waals surface area contributed by atoms with E-state index in [1.165, 1.54) is 0 Å². The topological polar surface area (TPSA) is 64.9 Å². The van der Waals surface area contributed by atoms with E-state index in [9.17, 15) is 4.79 Å². The second kappa shape index (κ2) is 5.54. The van der Waals surface area contributed by atoms with Crippen LogP contribution in [0.15, 0.2) is 0 Å². The predicted molar refractivity (Wildman–Crippen MR) is 41.9 cm³/mol. The van der Waals surface area contributed by atoms with Gasteiger partial charge in [-0.1, -0.05) is 0 Å². The minimum Gasteiger partial charge on any atom is -0.338 e. The Morgan fingerprint density at radius 2 is 2.27 bits per heavy atom. The number of urea groups is 1. The van der Waals surface area contributed by atoms with E-state index < -0.39 is 0 Å². The number of rotatable bonds is 3. The van der Waals surface area contributed by atoms with Crippen LogP contribution in [0.5, 0.6) is 0 Å². The normalized spacial score (nSPS) is 11.4. The average Bonchev–Trinajstić information content (AvgIpc) is 2.01. The van der Waals surface area contributed by atoms with Gasteiger partial charge in [-0.25, -0.2) is 4.79 Å². The van der Waals surface area contributed by atoms with Crippen LogP contribution in [-0.2, 0) is 0 Å². The third-order valence-electron chi connectivity index (χ3n) is 1.13. The molecule has 0 saturated carbocycles. The Balaban J connectivity index is 3.39. The van der Waals surface area contributed by atoms with Gasteiger partial charge >= 0.3 is 6.03 Å². The molecule has 0 aliphatic heterocycles. The molecule has 0 spiro atoms. The van der Waals surface area contributed by atoms with E-state index in [-0.39, 0.29) is 11.9 Å². The predicted octanol–water partition coefficient (Wildman–Crippen LogP) is 0.465. The van der Waals surface area contributed by atoms with Crippen LogP contribution >= 0.6 is 0 Å². The molecule has 4 heteroatoms. The highest BCUT2D eigenvalue weighted by molar-refractivity contribution is 5.73. The first-order valence-corrected chi connectivity index (χ1v) is 3.62. The number of carbonyl (C=O) groups excluding carboxylic acids is 1. The number of amides is 2. The van der Waals surface area contributed by atoms with Gasteiger partial charge in [-0.05, 0) is 13.8 Å². The maximum absolute atomic E-state index is 10.7. The summed E-state index contributed by atoms with van der Waals surface area (Å²) < 4.78 is 0. The first-order valence-electron chi connectivity index (χ1n) is 3.62. The fourth-order valence-corrected chi connectivity index (χ4v) is 0.514. The molecular formula is C7H13N3O. The van der Waals surface area contributed by atoms with Gasteiger partial charge in [0.25, 0.3) is 0 Å². The number of carbonyl (C=O) groups is 1. The minimum atomic E-state index is -0.213. The Kier molecular flexibility index (Phi) is 4.91. The third kappa shape index (κ3) is 5.22. The highest BCUT2D eigenvalue weighted by Gasteiger charge is 2.01. The zero-order chi connectivity index (χ0) is 8.69. The molecule has 0 aliphatic rings. The maximum Gasteiger partial charge on any atom is 0.314 e. The van der Waals surface area contributed by atoms with Gasteiger partial charge in [0.1, 0.15) is 0 Å². The molecule has 0 aromatic carbocycles. The van der Waals surface area contributed by atoms with Gasteiger partial charge in [0.15, 0.2) is 0 Å². The molecule has 0 radical (unpaired) electrons. The Morgan fingerprint density at radius 1 is 1.64 bits per heavy atom. The van der Waals surface area contributed by atoms with E-state index >= 15 is 0 Å². The van der Waals surface area contributed by atoms with Crippen molar-refractivity contribution in [2.75, 3.05) is 13.1 Å². The van der Waals surface area contributed by atoms with E-state index in [1.54, 1.807) is 6.92 Å². The van der Waals surface area contributed by atoms with Crippen molar-refractivity contribution in [3.8, 4) is 6.07 Å². The van der Waals surface area contributed by atoms with Crippen LogP contribution in [0, 0.1) is 17.2 Å². The summed E-state index contributed by atoms with van der Waals surface area (Å²) in [6.45, 7) is 4.61. The molecule has 62 valence electrons. The third-order valence-corrected chi connectivity index (χ3v) is 1.13. The largest absolute Gasteiger partial charge is 0.338 e. The van der Waals surface area contributed by atoms with Crippen LogP contribution in [0.1, 0.15) is 13.8 Å². The quantitative estimate of drug-likeness (QED) is 0.622. The molecule has 0 bridgehead atoms. The number of nitrogens with zero attached hydrogens (tertiary/aromatic N) is 1. The molecule has 1 atom stereocenters. The molecule has 2 amide bonds. The summed E-state index contributed by atoms with van der Waals surface area (Å²) in [5.74, 6) is -0.127. The lowest BCUT2D eigenvalue weighted by Gasteiger charge is -2.05. The molecule has 2 N–H and O–H groups in total. The Bertz CT molecular complexity index is 162. The average molecular weight is 155 g/mol. The van der Waals surface area contributed by atoms with E-state index in [1.807, 2.05) is 13.0 Å². The summed E-state index contributed by atoms with van der Waals surface area (Å²) in [4.78, 5) is 10.7. The molecule has 0 aliphatic carbocycles. The van der Waals surface area contributed by atoms with Crippen LogP contribution in [0.2, 0.25) is 0 Å². The SMILES string of the molecule is CCNC(=O)NCC(C)C#N. The van der Waals surface area contributed by atoms with Crippen LogP contribution in [0.3, 0.4) is 0 Å². The Morgan fingerprint density at radius 3 is 2.73 bits per heavy atom. The van der Waals surface area contributed by atoms with Crippen molar-refractivity contribution in [3.05, 3.63) is 0 Å². The zero-order valence-electron chi connectivity index (χ0n) is 6.85. The van der Waals surface area contributed by atoms with Gasteiger partial charge in [-0.15, -0.1) is 0 Å². The fraction of sp³-hybridized carbons (Fsp3) is 0.714. The maximum atomic E-state index is 10.7. The van der Waals surface area contributed by atoms with Crippen molar-refractivity contribution in [2.24, 2.45) is 5.92 Å². The first kappa shape index (κ1) is 9.76. The van der Waals surface area contributed by atoms with Crippen molar-refractivity contribution >= 4 is 6.03 Å². The van der Waals surface area contributed by atoms with E-state index in [0.717, 1.165) is 0 Å². The highest BCUT2D eigenvalue weighted by atomic mass is 16.2. The lowest BCUT2D eigenvalue weighted by atomic mass is 10.2. The zero-order valence-corrected chi connectivity index (χ0v) is 6.85. The molecule has 0 aromatic rings. The number of nitrogens with one attached hydrogen (secondary N) is 2. The second-order valence-corrected chi connectivity index (χ2v) is 2.27. The van der Waals surface area contributed by atoms with Gasteiger partial charge in [0, 0.05) is 13.1 Å². The van der Waals surface area contributed by atoms with Crippen molar-refractivity contribution in [1.29, 1.82) is 5.26 Å². The first-order chi connectivity index (χ1) is 5.20. The Labute approximate surface area is 66.6 Å². The standard InChI is InChI=1S/C7H13N3O/c1-3-9-7(11)10-5-6(2)4-8/h6H,3,5H2,1-2H3,(H2,9,10,11). The summed E-state index contributed by atoms with van der Waals surface area (Å²) in [6, 6.07) is 1.81. The molecule has 0 rings (SSSR count). The smallest absolute Gasteiger partial charge is 0.314 e. The fourth-order valence-electron chi connectivity index (χ4n) is 0.514. The number of hydrogen-bond donors (Lipinski definition) is 2. The lowest BCUT2D eigenvalue weighted by molar-refractivity contribution is 0.240. The lowest BCUT2D eigenvalue weighted by Crippen LogP contribution is -2.37. The van der Waals surface area contributed by atoms with E-state index in [2.05, 4.69) is 10.6 Å². The summed E-state index contributed by atoms with van der Waals surface area (Å²) in [6.07, 6.45) is 0. The molecule has 0 fully saturated rings. The molecule has 4 nitrogen and oxygen atoms in total.